The van der Waals surface area contributed by atoms with Crippen molar-refractivity contribution in [2.45, 2.75) is 18.7 Å². The number of morpholine rings is 1. The number of carbonyl (C=O) groups excluding carboxylic acids is 1. The molecule has 182 valence electrons. The summed E-state index contributed by atoms with van der Waals surface area (Å²) < 4.78 is 33.6. The minimum absolute atomic E-state index is 0.178. The van der Waals surface area contributed by atoms with Crippen LogP contribution in [-0.2, 0) is 14.8 Å². The molecule has 34 heavy (non-hydrogen) atoms. The van der Waals surface area contributed by atoms with Crippen molar-refractivity contribution in [3.63, 3.8) is 0 Å². The molecule has 2 heterocycles. The average Bonchev–Trinajstić information content (AvgIpc) is 3.26. The van der Waals surface area contributed by atoms with Gasteiger partial charge in [-0.2, -0.15) is 4.31 Å². The van der Waals surface area contributed by atoms with Gasteiger partial charge in [0, 0.05) is 31.7 Å². The Kier molecular flexibility index (Phi) is 7.34. The first-order valence-electron chi connectivity index (χ1n) is 11.2. The lowest BCUT2D eigenvalue weighted by molar-refractivity contribution is 0.0730. The summed E-state index contributed by atoms with van der Waals surface area (Å²) >= 11 is 1.49. The standard InChI is InChI=1S/C24H30N4O4S2/c1-17-5-10-21-22(18(17)2)25-24(33-21)28(12-11-26(3)4)23(29)19-6-8-20(9-7-19)34(30,31)27-13-15-32-16-14-27/h5-10H,11-16H2,1-4H3. The molecule has 0 radical (unpaired) electrons. The Morgan fingerprint density at radius 1 is 1.06 bits per heavy atom. The van der Waals surface area contributed by atoms with Gasteiger partial charge >= 0.3 is 0 Å². The maximum absolute atomic E-state index is 13.5. The van der Waals surface area contributed by atoms with E-state index in [4.69, 9.17) is 9.72 Å². The molecule has 0 aliphatic carbocycles. The lowest BCUT2D eigenvalue weighted by Gasteiger charge is -2.26. The number of hydrogen-bond acceptors (Lipinski definition) is 7. The van der Waals surface area contributed by atoms with Crippen molar-refractivity contribution in [2.75, 3.05) is 58.4 Å². The maximum atomic E-state index is 13.5. The van der Waals surface area contributed by atoms with E-state index in [1.807, 2.05) is 32.0 Å². The fraction of sp³-hybridized carbons (Fsp3) is 0.417. The third kappa shape index (κ3) is 5.01. The van der Waals surface area contributed by atoms with Gasteiger partial charge in [-0.3, -0.25) is 9.69 Å². The van der Waals surface area contributed by atoms with Crippen LogP contribution in [-0.4, -0.2) is 82.0 Å². The SMILES string of the molecule is Cc1ccc2sc(N(CCN(C)C)C(=O)c3ccc(S(=O)(=O)N4CCOCC4)cc3)nc2c1C. The largest absolute Gasteiger partial charge is 0.379 e. The molecule has 1 fully saturated rings. The molecule has 2 aromatic carbocycles. The van der Waals surface area contributed by atoms with Crippen molar-refractivity contribution in [2.24, 2.45) is 0 Å². The number of likely N-dealkylation sites (N-methyl/N-ethyl adjacent to an activating group) is 1. The Morgan fingerprint density at radius 3 is 2.38 bits per heavy atom. The Hall–Kier alpha value is -2.37. The summed E-state index contributed by atoms with van der Waals surface area (Å²) in [6, 6.07) is 10.3. The number of nitrogens with zero attached hydrogens (tertiary/aromatic N) is 4. The molecule has 1 aliphatic heterocycles. The van der Waals surface area contributed by atoms with Crippen LogP contribution in [0.1, 0.15) is 21.5 Å². The molecule has 8 nitrogen and oxygen atoms in total. The van der Waals surface area contributed by atoms with Gasteiger partial charge in [0.15, 0.2) is 5.13 Å². The minimum Gasteiger partial charge on any atom is -0.379 e. The van der Waals surface area contributed by atoms with E-state index in [9.17, 15) is 13.2 Å². The highest BCUT2D eigenvalue weighted by atomic mass is 32.2. The number of benzene rings is 2. The smallest absolute Gasteiger partial charge is 0.260 e. The second-order valence-electron chi connectivity index (χ2n) is 8.65. The molecule has 0 saturated carbocycles. The number of amides is 1. The Bertz CT molecular complexity index is 1280. The zero-order valence-corrected chi connectivity index (χ0v) is 21.6. The summed E-state index contributed by atoms with van der Waals surface area (Å²) in [7, 11) is 0.303. The Morgan fingerprint density at radius 2 is 1.74 bits per heavy atom. The summed E-state index contributed by atoms with van der Waals surface area (Å²) in [5.41, 5.74) is 3.60. The van der Waals surface area contributed by atoms with Gasteiger partial charge in [-0.25, -0.2) is 13.4 Å². The van der Waals surface area contributed by atoms with Gasteiger partial charge < -0.3 is 9.64 Å². The summed E-state index contributed by atoms with van der Waals surface area (Å²) in [6.07, 6.45) is 0. The molecular weight excluding hydrogens is 472 g/mol. The lowest BCUT2D eigenvalue weighted by Crippen LogP contribution is -2.40. The topological polar surface area (TPSA) is 83.1 Å². The van der Waals surface area contributed by atoms with Crippen LogP contribution >= 0.6 is 11.3 Å². The highest BCUT2D eigenvalue weighted by molar-refractivity contribution is 7.89. The van der Waals surface area contributed by atoms with Crippen molar-refractivity contribution >= 4 is 42.6 Å². The van der Waals surface area contributed by atoms with E-state index < -0.39 is 10.0 Å². The number of carbonyl (C=O) groups is 1. The van der Waals surface area contributed by atoms with Crippen molar-refractivity contribution in [1.82, 2.24) is 14.2 Å². The number of fused-ring (bicyclic) bond motifs is 1. The van der Waals surface area contributed by atoms with Crippen molar-refractivity contribution in [3.8, 4) is 0 Å². The lowest BCUT2D eigenvalue weighted by atomic mass is 10.1. The third-order valence-corrected chi connectivity index (χ3v) is 8.99. The number of anilines is 1. The van der Waals surface area contributed by atoms with E-state index in [2.05, 4.69) is 13.0 Å². The molecule has 3 aromatic rings. The normalized spacial score (nSPS) is 15.2. The summed E-state index contributed by atoms with van der Waals surface area (Å²) in [4.78, 5) is 22.2. The van der Waals surface area contributed by atoms with Gasteiger partial charge in [-0.05, 0) is 69.4 Å². The molecule has 4 rings (SSSR count). The Labute approximate surface area is 204 Å². The molecule has 0 N–H and O–H groups in total. The van der Waals surface area contributed by atoms with Crippen LogP contribution in [0.5, 0.6) is 0 Å². The zero-order chi connectivity index (χ0) is 24.5. The minimum atomic E-state index is -3.61. The third-order valence-electron chi connectivity index (χ3n) is 6.03. The fourth-order valence-corrected chi connectivity index (χ4v) is 6.23. The van der Waals surface area contributed by atoms with Crippen molar-refractivity contribution < 1.29 is 17.9 Å². The van der Waals surface area contributed by atoms with Crippen LogP contribution in [0.15, 0.2) is 41.3 Å². The summed E-state index contributed by atoms with van der Waals surface area (Å²) in [5.74, 6) is -0.203. The molecule has 0 bridgehead atoms. The predicted molar refractivity (Wildman–Crippen MR) is 135 cm³/mol. The first-order valence-corrected chi connectivity index (χ1v) is 13.5. The quantitative estimate of drug-likeness (QED) is 0.494. The van der Waals surface area contributed by atoms with Gasteiger partial charge in [-0.15, -0.1) is 0 Å². The predicted octanol–water partition coefficient (Wildman–Crippen LogP) is 3.14. The summed E-state index contributed by atoms with van der Waals surface area (Å²) in [6.45, 7) is 6.67. The molecule has 1 amide bonds. The molecule has 1 saturated heterocycles. The van der Waals surface area contributed by atoms with Gasteiger partial charge in [-0.1, -0.05) is 17.4 Å². The van der Waals surface area contributed by atoms with E-state index in [1.54, 1.807) is 17.0 Å². The molecule has 0 atom stereocenters. The number of thiazole rings is 1. The van der Waals surface area contributed by atoms with Crippen LogP contribution in [0.2, 0.25) is 0 Å². The number of sulfonamides is 1. The monoisotopic (exact) mass is 502 g/mol. The number of aromatic nitrogens is 1. The number of rotatable bonds is 7. The molecule has 10 heteroatoms. The molecule has 1 aromatic heterocycles. The van der Waals surface area contributed by atoms with Crippen LogP contribution in [0, 0.1) is 13.8 Å². The van der Waals surface area contributed by atoms with E-state index in [0.717, 1.165) is 21.3 Å². The van der Waals surface area contributed by atoms with Crippen molar-refractivity contribution in [1.29, 1.82) is 0 Å². The fourth-order valence-electron chi connectivity index (χ4n) is 3.78. The van der Waals surface area contributed by atoms with E-state index in [-0.39, 0.29) is 10.8 Å². The molecule has 0 spiro atoms. The van der Waals surface area contributed by atoms with E-state index >= 15 is 0 Å². The van der Waals surface area contributed by atoms with E-state index in [0.29, 0.717) is 50.1 Å². The van der Waals surface area contributed by atoms with Crippen LogP contribution in [0.4, 0.5) is 5.13 Å². The zero-order valence-electron chi connectivity index (χ0n) is 19.9. The highest BCUT2D eigenvalue weighted by Gasteiger charge is 2.27. The van der Waals surface area contributed by atoms with Crippen LogP contribution in [0.25, 0.3) is 10.2 Å². The number of aryl methyl sites for hydroxylation is 2. The number of ether oxygens (including phenoxy) is 1. The number of hydrogen-bond donors (Lipinski definition) is 0. The first kappa shape index (κ1) is 24.7. The molecule has 1 aliphatic rings. The maximum Gasteiger partial charge on any atom is 0.260 e. The van der Waals surface area contributed by atoms with Gasteiger partial charge in [0.05, 0.1) is 28.3 Å². The van der Waals surface area contributed by atoms with E-state index in [1.165, 1.54) is 27.8 Å². The second kappa shape index (κ2) is 10.1. The molecular formula is C24H30N4O4S2. The summed E-state index contributed by atoms with van der Waals surface area (Å²) in [5, 5.41) is 0.639. The first-order chi connectivity index (χ1) is 16.2. The highest BCUT2D eigenvalue weighted by Crippen LogP contribution is 2.32. The van der Waals surface area contributed by atoms with Gasteiger partial charge in [0.25, 0.3) is 5.91 Å². The van der Waals surface area contributed by atoms with Crippen LogP contribution < -0.4 is 4.90 Å². The van der Waals surface area contributed by atoms with Crippen LogP contribution in [0.3, 0.4) is 0 Å². The second-order valence-corrected chi connectivity index (χ2v) is 11.6. The van der Waals surface area contributed by atoms with Gasteiger partial charge in [0.1, 0.15) is 0 Å². The van der Waals surface area contributed by atoms with Crippen molar-refractivity contribution in [3.05, 3.63) is 53.1 Å². The van der Waals surface area contributed by atoms with Gasteiger partial charge in [0.2, 0.25) is 10.0 Å². The molecule has 0 unspecified atom stereocenters. The Balaban J connectivity index is 1.63. The average molecular weight is 503 g/mol.